The van der Waals surface area contributed by atoms with Crippen LogP contribution in [0, 0.1) is 0 Å². The van der Waals surface area contributed by atoms with E-state index in [1.54, 1.807) is 0 Å². The predicted molar refractivity (Wildman–Crippen MR) is 68.2 cm³/mol. The van der Waals surface area contributed by atoms with Gasteiger partial charge in [-0.25, -0.2) is 4.79 Å². The van der Waals surface area contributed by atoms with Crippen LogP contribution in [0.1, 0.15) is 13.2 Å². The maximum atomic E-state index is 11.8. The Morgan fingerprint density at radius 1 is 1.68 bits per heavy atom. The second kappa shape index (κ2) is 4.84. The van der Waals surface area contributed by atoms with Crippen LogP contribution in [0.4, 0.5) is 5.82 Å². The van der Waals surface area contributed by atoms with Gasteiger partial charge in [0.15, 0.2) is 6.23 Å². The van der Waals surface area contributed by atoms with Gasteiger partial charge in [0.05, 0.1) is 11.1 Å². The normalized spacial score (nSPS) is 34.7. The molecule has 1 saturated heterocycles. The first-order valence-electron chi connectivity index (χ1n) is 5.50. The van der Waals surface area contributed by atoms with E-state index in [-0.39, 0.29) is 5.82 Å². The van der Waals surface area contributed by atoms with Gasteiger partial charge in [-0.3, -0.25) is 4.57 Å². The molecule has 0 unspecified atom stereocenters. The maximum absolute atomic E-state index is 11.8. The number of aliphatic hydroxyl groups excluding tert-OH is 2. The molecular formula is C10H14BrN3O5. The van der Waals surface area contributed by atoms with E-state index in [1.807, 2.05) is 0 Å². The topological polar surface area (TPSA) is 131 Å². The van der Waals surface area contributed by atoms with Crippen molar-refractivity contribution in [3.05, 3.63) is 21.2 Å². The van der Waals surface area contributed by atoms with Gasteiger partial charge in [0.2, 0.25) is 0 Å². The summed E-state index contributed by atoms with van der Waals surface area (Å²) in [5.41, 5.74) is 3.01. The lowest BCUT2D eigenvalue weighted by atomic mass is 9.96. The van der Waals surface area contributed by atoms with Crippen molar-refractivity contribution < 1.29 is 20.1 Å². The minimum absolute atomic E-state index is 0.0122. The van der Waals surface area contributed by atoms with Gasteiger partial charge in [-0.05, 0) is 22.9 Å². The van der Waals surface area contributed by atoms with Crippen LogP contribution in [0.15, 0.2) is 15.5 Å². The van der Waals surface area contributed by atoms with E-state index in [0.29, 0.717) is 4.47 Å². The number of nitrogen functional groups attached to an aromatic ring is 1. The van der Waals surface area contributed by atoms with Crippen LogP contribution in [-0.4, -0.2) is 49.3 Å². The van der Waals surface area contributed by atoms with Gasteiger partial charge < -0.3 is 25.8 Å². The van der Waals surface area contributed by atoms with Crippen LogP contribution in [0.5, 0.6) is 0 Å². The zero-order chi connectivity index (χ0) is 14.4. The van der Waals surface area contributed by atoms with Crippen molar-refractivity contribution in [2.75, 3.05) is 12.3 Å². The molecule has 106 valence electrons. The third kappa shape index (κ3) is 2.28. The second-order valence-corrected chi connectivity index (χ2v) is 5.40. The Labute approximate surface area is 116 Å². The molecule has 0 amide bonds. The van der Waals surface area contributed by atoms with Crippen molar-refractivity contribution >= 4 is 21.7 Å². The molecule has 4 atom stereocenters. The van der Waals surface area contributed by atoms with Crippen LogP contribution in [0.2, 0.25) is 0 Å². The highest BCUT2D eigenvalue weighted by Gasteiger charge is 2.53. The number of ether oxygens (including phenoxy) is 1. The Kier molecular flexibility index (Phi) is 3.67. The van der Waals surface area contributed by atoms with Crippen LogP contribution in [-0.2, 0) is 4.74 Å². The molecule has 0 radical (unpaired) electrons. The first-order chi connectivity index (χ1) is 8.78. The summed E-state index contributed by atoms with van der Waals surface area (Å²) in [6.45, 7) is 0.834. The first kappa shape index (κ1) is 14.4. The summed E-state index contributed by atoms with van der Waals surface area (Å²) in [6.07, 6.45) is -2.17. The molecule has 1 aliphatic rings. The molecule has 1 aliphatic heterocycles. The fraction of sp³-hybridized carbons (Fsp3) is 0.600. The van der Waals surface area contributed by atoms with Crippen LogP contribution in [0.3, 0.4) is 0 Å². The van der Waals surface area contributed by atoms with E-state index < -0.39 is 36.3 Å². The van der Waals surface area contributed by atoms with Crippen molar-refractivity contribution in [3.63, 3.8) is 0 Å². The van der Waals surface area contributed by atoms with E-state index in [4.69, 9.17) is 15.6 Å². The van der Waals surface area contributed by atoms with E-state index in [9.17, 15) is 15.0 Å². The molecule has 2 rings (SSSR count). The number of rotatable bonds is 2. The van der Waals surface area contributed by atoms with Gasteiger partial charge in [0, 0.05) is 6.20 Å². The monoisotopic (exact) mass is 335 g/mol. The standard InChI is InChI=1S/C10H14BrN3O5/c1-10(18)6(16)5(3-15)19-8(10)14-2-4(11)7(12)13-9(14)17/h2,5-6,8,15-16,18H,3H2,1H3,(H2,12,13,17)/t5-,6-,8-,10-/m1/s1. The number of nitrogens with two attached hydrogens (primary N) is 1. The third-order valence-corrected chi connectivity index (χ3v) is 3.73. The average molecular weight is 336 g/mol. The molecule has 1 aromatic heterocycles. The molecule has 0 aliphatic carbocycles. The highest BCUT2D eigenvalue weighted by Crippen LogP contribution is 2.37. The van der Waals surface area contributed by atoms with Gasteiger partial charge in [0.1, 0.15) is 23.6 Å². The molecular weight excluding hydrogens is 322 g/mol. The molecule has 0 saturated carbocycles. The van der Waals surface area contributed by atoms with Gasteiger partial charge in [-0.15, -0.1) is 0 Å². The Morgan fingerprint density at radius 3 is 2.84 bits per heavy atom. The molecule has 0 bridgehead atoms. The number of aromatic nitrogens is 2. The maximum Gasteiger partial charge on any atom is 0.351 e. The molecule has 19 heavy (non-hydrogen) atoms. The lowest BCUT2D eigenvalue weighted by molar-refractivity contribution is -0.0987. The summed E-state index contributed by atoms with van der Waals surface area (Å²) in [5.74, 6) is 0.0122. The molecule has 2 heterocycles. The minimum Gasteiger partial charge on any atom is -0.394 e. The fourth-order valence-electron chi connectivity index (χ4n) is 2.02. The molecule has 1 aromatic rings. The lowest BCUT2D eigenvalue weighted by Gasteiger charge is -2.27. The van der Waals surface area contributed by atoms with Crippen LogP contribution >= 0.6 is 15.9 Å². The number of halogens is 1. The van der Waals surface area contributed by atoms with Crippen molar-refractivity contribution in [2.24, 2.45) is 0 Å². The summed E-state index contributed by atoms with van der Waals surface area (Å²) in [6, 6.07) is 0. The Bertz CT molecular complexity index is 546. The van der Waals surface area contributed by atoms with Gasteiger partial charge in [-0.2, -0.15) is 4.98 Å². The van der Waals surface area contributed by atoms with E-state index in [2.05, 4.69) is 20.9 Å². The fourth-order valence-corrected chi connectivity index (χ4v) is 2.33. The van der Waals surface area contributed by atoms with Crippen molar-refractivity contribution in [3.8, 4) is 0 Å². The highest BCUT2D eigenvalue weighted by atomic mass is 79.9. The number of anilines is 1. The van der Waals surface area contributed by atoms with Crippen molar-refractivity contribution in [1.29, 1.82) is 0 Å². The largest absolute Gasteiger partial charge is 0.394 e. The average Bonchev–Trinajstić information content (AvgIpc) is 2.56. The number of aliphatic hydroxyl groups is 3. The molecule has 1 fully saturated rings. The summed E-state index contributed by atoms with van der Waals surface area (Å²) in [5, 5.41) is 29.2. The van der Waals surface area contributed by atoms with Crippen LogP contribution < -0.4 is 11.4 Å². The quantitative estimate of drug-likeness (QED) is 0.522. The zero-order valence-corrected chi connectivity index (χ0v) is 11.6. The van der Waals surface area contributed by atoms with E-state index in [0.717, 1.165) is 4.57 Å². The van der Waals surface area contributed by atoms with Crippen molar-refractivity contribution in [2.45, 2.75) is 31.0 Å². The first-order valence-corrected chi connectivity index (χ1v) is 6.29. The summed E-state index contributed by atoms with van der Waals surface area (Å²) >= 11 is 3.12. The lowest BCUT2D eigenvalue weighted by Crippen LogP contribution is -2.46. The number of hydrogen-bond donors (Lipinski definition) is 4. The van der Waals surface area contributed by atoms with Gasteiger partial charge >= 0.3 is 5.69 Å². The SMILES string of the molecule is C[C@@]1(O)[C@H](O)[C@@H](CO)O[C@H]1n1cc(Br)c(N)nc1=O. The van der Waals surface area contributed by atoms with E-state index >= 15 is 0 Å². The van der Waals surface area contributed by atoms with E-state index in [1.165, 1.54) is 13.1 Å². The zero-order valence-electron chi connectivity index (χ0n) is 10.0. The second-order valence-electron chi connectivity index (χ2n) is 4.54. The molecule has 8 nitrogen and oxygen atoms in total. The molecule has 0 aromatic carbocycles. The third-order valence-electron chi connectivity index (χ3n) is 3.12. The van der Waals surface area contributed by atoms with Crippen molar-refractivity contribution in [1.82, 2.24) is 9.55 Å². The van der Waals surface area contributed by atoms with Gasteiger partial charge in [0.25, 0.3) is 0 Å². The molecule has 0 spiro atoms. The Morgan fingerprint density at radius 2 is 2.32 bits per heavy atom. The van der Waals surface area contributed by atoms with Crippen LogP contribution in [0.25, 0.3) is 0 Å². The Balaban J connectivity index is 2.48. The van der Waals surface area contributed by atoms with Gasteiger partial charge in [-0.1, -0.05) is 0 Å². The Hall–Kier alpha value is -1.00. The number of nitrogens with zero attached hydrogens (tertiary/aromatic N) is 2. The summed E-state index contributed by atoms with van der Waals surface area (Å²) < 4.78 is 6.68. The minimum atomic E-state index is -1.74. The smallest absolute Gasteiger partial charge is 0.351 e. The molecule has 5 N–H and O–H groups in total. The summed E-state index contributed by atoms with van der Waals surface area (Å²) in [7, 11) is 0. The predicted octanol–water partition coefficient (Wildman–Crippen LogP) is -1.41. The summed E-state index contributed by atoms with van der Waals surface area (Å²) in [4.78, 5) is 15.3. The highest BCUT2D eigenvalue weighted by molar-refractivity contribution is 9.10. The number of hydrogen-bond acceptors (Lipinski definition) is 7. The molecule has 9 heteroatoms.